The molecule has 0 amide bonds. The summed E-state index contributed by atoms with van der Waals surface area (Å²) in [6.07, 6.45) is 0. The van der Waals surface area contributed by atoms with E-state index in [2.05, 4.69) is 4.90 Å². The highest BCUT2D eigenvalue weighted by Crippen LogP contribution is 2.26. The molecule has 1 aromatic heterocycles. The molecule has 0 aliphatic carbocycles. The Morgan fingerprint density at radius 1 is 1.07 bits per heavy atom. The average molecular weight is 399 g/mol. The number of piperazine rings is 1. The molecule has 6 nitrogen and oxygen atoms in total. The highest BCUT2D eigenvalue weighted by atomic mass is 35.5. The van der Waals surface area contributed by atoms with E-state index < -0.39 is 5.97 Å². The molecular weight excluding hydrogens is 380 g/mol. The fourth-order valence-electron chi connectivity index (χ4n) is 3.47. The predicted molar refractivity (Wildman–Crippen MR) is 108 cm³/mol. The summed E-state index contributed by atoms with van der Waals surface area (Å²) in [6.45, 7) is 3.65. The summed E-state index contributed by atoms with van der Waals surface area (Å²) in [4.78, 5) is 27.8. The maximum atomic E-state index is 12.4. The Kier molecular flexibility index (Phi) is 5.07. The minimum Gasteiger partial charge on any atom is -0.478 e. The number of rotatable bonds is 4. The van der Waals surface area contributed by atoms with Gasteiger partial charge in [0.05, 0.1) is 16.0 Å². The van der Waals surface area contributed by atoms with Gasteiger partial charge in [-0.3, -0.25) is 9.69 Å². The van der Waals surface area contributed by atoms with Crippen LogP contribution in [0.2, 0.25) is 5.02 Å². The number of aromatic carboxylic acids is 1. The van der Waals surface area contributed by atoms with Crippen molar-refractivity contribution in [3.8, 4) is 0 Å². The van der Waals surface area contributed by atoms with E-state index in [0.29, 0.717) is 47.1 Å². The minimum atomic E-state index is -0.920. The zero-order valence-electron chi connectivity index (χ0n) is 15.1. The Morgan fingerprint density at radius 3 is 2.57 bits per heavy atom. The van der Waals surface area contributed by atoms with Gasteiger partial charge in [-0.1, -0.05) is 29.8 Å². The van der Waals surface area contributed by atoms with Crippen LogP contribution in [0.3, 0.4) is 0 Å². The van der Waals surface area contributed by atoms with E-state index in [1.54, 1.807) is 36.4 Å². The summed E-state index contributed by atoms with van der Waals surface area (Å²) < 4.78 is 5.92. The molecule has 3 aromatic rings. The second kappa shape index (κ2) is 7.66. The molecule has 0 bridgehead atoms. The Balaban J connectivity index is 1.46. The maximum absolute atomic E-state index is 12.4. The number of hydrogen-bond acceptors (Lipinski definition) is 5. The van der Waals surface area contributed by atoms with Crippen LogP contribution >= 0.6 is 11.6 Å². The molecule has 1 aliphatic heterocycles. The smallest absolute Gasteiger partial charge is 0.335 e. The Labute approximate surface area is 166 Å². The van der Waals surface area contributed by atoms with Crippen molar-refractivity contribution in [3.63, 3.8) is 0 Å². The number of hydrogen-bond donors (Lipinski definition) is 1. The standard InChI is InChI=1S/C21H19ClN2O4/c22-17-6-2-5-16-18(25)12-19(28-20(16)17)24-9-7-23(8-10-24)13-14-3-1-4-15(11-14)21(26)27/h1-6,11-12H,7-10,13H2,(H,26,27). The van der Waals surface area contributed by atoms with Crippen molar-refractivity contribution < 1.29 is 14.3 Å². The van der Waals surface area contributed by atoms with Crippen LogP contribution in [0, 0.1) is 0 Å². The summed E-state index contributed by atoms with van der Waals surface area (Å²) in [5, 5.41) is 10.0. The van der Waals surface area contributed by atoms with E-state index in [4.69, 9.17) is 21.1 Å². The van der Waals surface area contributed by atoms with Crippen molar-refractivity contribution in [3.05, 3.63) is 74.9 Å². The predicted octanol–water partition coefficient (Wildman–Crippen LogP) is 3.47. The van der Waals surface area contributed by atoms with Crippen LogP contribution in [0.25, 0.3) is 11.0 Å². The van der Waals surface area contributed by atoms with Crippen LogP contribution in [-0.4, -0.2) is 42.2 Å². The first-order chi connectivity index (χ1) is 13.5. The van der Waals surface area contributed by atoms with Crippen molar-refractivity contribution >= 4 is 34.4 Å². The van der Waals surface area contributed by atoms with Gasteiger partial charge >= 0.3 is 5.97 Å². The zero-order valence-corrected chi connectivity index (χ0v) is 15.9. The third kappa shape index (κ3) is 3.74. The summed E-state index contributed by atoms with van der Waals surface area (Å²) in [5.41, 5.74) is 1.58. The fourth-order valence-corrected chi connectivity index (χ4v) is 3.69. The zero-order chi connectivity index (χ0) is 19.7. The van der Waals surface area contributed by atoms with Crippen LogP contribution in [0.5, 0.6) is 0 Å². The number of anilines is 1. The second-order valence-corrected chi connectivity index (χ2v) is 7.24. The van der Waals surface area contributed by atoms with Gasteiger partial charge in [-0.2, -0.15) is 0 Å². The molecule has 0 saturated carbocycles. The molecule has 1 aliphatic rings. The Morgan fingerprint density at radius 2 is 1.82 bits per heavy atom. The second-order valence-electron chi connectivity index (χ2n) is 6.83. The Hall–Kier alpha value is -2.83. The number of carbonyl (C=O) groups is 1. The molecule has 144 valence electrons. The molecule has 2 aromatic carbocycles. The molecule has 1 fully saturated rings. The van der Waals surface area contributed by atoms with E-state index in [9.17, 15) is 9.59 Å². The number of carboxylic acid groups (broad SMARTS) is 1. The van der Waals surface area contributed by atoms with Gasteiger partial charge in [-0.25, -0.2) is 4.79 Å². The number of fused-ring (bicyclic) bond motifs is 1. The molecular formula is C21H19ClN2O4. The number of halogens is 1. The summed E-state index contributed by atoms with van der Waals surface area (Å²) in [7, 11) is 0. The molecule has 2 heterocycles. The van der Waals surface area contributed by atoms with E-state index in [1.807, 2.05) is 11.0 Å². The average Bonchev–Trinajstić information content (AvgIpc) is 2.69. The monoisotopic (exact) mass is 398 g/mol. The van der Waals surface area contributed by atoms with E-state index >= 15 is 0 Å². The number of nitrogens with zero attached hydrogens (tertiary/aromatic N) is 2. The van der Waals surface area contributed by atoms with Gasteiger partial charge in [-0.05, 0) is 29.8 Å². The summed E-state index contributed by atoms with van der Waals surface area (Å²) in [5.74, 6) is -0.394. The maximum Gasteiger partial charge on any atom is 0.335 e. The van der Waals surface area contributed by atoms with Gasteiger partial charge < -0.3 is 14.4 Å². The number of carboxylic acids is 1. The quantitative estimate of drug-likeness (QED) is 0.725. The van der Waals surface area contributed by atoms with Crippen molar-refractivity contribution in [2.75, 3.05) is 31.1 Å². The van der Waals surface area contributed by atoms with Gasteiger partial charge in [0.1, 0.15) is 0 Å². The normalized spacial score (nSPS) is 15.1. The van der Waals surface area contributed by atoms with Crippen molar-refractivity contribution in [1.82, 2.24) is 4.90 Å². The van der Waals surface area contributed by atoms with E-state index in [1.165, 1.54) is 6.07 Å². The largest absolute Gasteiger partial charge is 0.478 e. The fraction of sp³-hybridized carbons (Fsp3) is 0.238. The first-order valence-electron chi connectivity index (χ1n) is 9.03. The van der Waals surface area contributed by atoms with Crippen molar-refractivity contribution in [1.29, 1.82) is 0 Å². The molecule has 1 N–H and O–H groups in total. The molecule has 28 heavy (non-hydrogen) atoms. The van der Waals surface area contributed by atoms with Gasteiger partial charge in [0.15, 0.2) is 16.9 Å². The summed E-state index contributed by atoms with van der Waals surface area (Å²) >= 11 is 6.19. The lowest BCUT2D eigenvalue weighted by Crippen LogP contribution is -2.46. The first-order valence-corrected chi connectivity index (χ1v) is 9.41. The van der Waals surface area contributed by atoms with Crippen LogP contribution in [-0.2, 0) is 6.54 Å². The molecule has 0 atom stereocenters. The molecule has 0 spiro atoms. The third-order valence-corrected chi connectivity index (χ3v) is 5.26. The number of benzene rings is 2. The topological polar surface area (TPSA) is 74.0 Å². The Bertz CT molecular complexity index is 1090. The van der Waals surface area contributed by atoms with Gasteiger partial charge in [0.25, 0.3) is 0 Å². The lowest BCUT2D eigenvalue weighted by molar-refractivity contribution is 0.0696. The molecule has 4 rings (SSSR count). The van der Waals surface area contributed by atoms with Crippen molar-refractivity contribution in [2.24, 2.45) is 0 Å². The van der Waals surface area contributed by atoms with Gasteiger partial charge in [-0.15, -0.1) is 0 Å². The van der Waals surface area contributed by atoms with Crippen LogP contribution in [0.15, 0.2) is 57.7 Å². The van der Waals surface area contributed by atoms with Gasteiger partial charge in [0, 0.05) is 38.8 Å². The number of para-hydroxylation sites is 1. The SMILES string of the molecule is O=C(O)c1cccc(CN2CCN(c3cc(=O)c4cccc(Cl)c4o3)CC2)c1. The molecule has 0 unspecified atom stereocenters. The molecule has 1 saturated heterocycles. The van der Waals surface area contributed by atoms with Gasteiger partial charge in [0.2, 0.25) is 0 Å². The highest BCUT2D eigenvalue weighted by Gasteiger charge is 2.20. The van der Waals surface area contributed by atoms with E-state index in [-0.39, 0.29) is 5.43 Å². The summed E-state index contributed by atoms with van der Waals surface area (Å²) in [6, 6.07) is 13.7. The molecule has 7 heteroatoms. The van der Waals surface area contributed by atoms with Crippen LogP contribution in [0.4, 0.5) is 5.88 Å². The lowest BCUT2D eigenvalue weighted by Gasteiger charge is -2.35. The first kappa shape index (κ1) is 18.5. The molecule has 0 radical (unpaired) electrons. The minimum absolute atomic E-state index is 0.105. The highest BCUT2D eigenvalue weighted by molar-refractivity contribution is 6.34. The van der Waals surface area contributed by atoms with E-state index in [0.717, 1.165) is 18.7 Å². The van der Waals surface area contributed by atoms with Crippen LogP contribution < -0.4 is 10.3 Å². The van der Waals surface area contributed by atoms with Crippen LogP contribution in [0.1, 0.15) is 15.9 Å². The lowest BCUT2D eigenvalue weighted by atomic mass is 10.1. The third-order valence-electron chi connectivity index (χ3n) is 4.96. The van der Waals surface area contributed by atoms with Crippen molar-refractivity contribution in [2.45, 2.75) is 6.54 Å².